The third-order valence-electron chi connectivity index (χ3n) is 3.43. The Balaban J connectivity index is 2.52. The molecule has 1 unspecified atom stereocenters. The van der Waals surface area contributed by atoms with Crippen molar-refractivity contribution in [2.75, 3.05) is 24.7 Å². The maximum atomic E-state index is 13.6. The van der Waals surface area contributed by atoms with Crippen molar-refractivity contribution in [3.63, 3.8) is 0 Å². The second-order valence-electron chi connectivity index (χ2n) is 5.50. The Morgan fingerprint density at radius 1 is 1.33 bits per heavy atom. The number of anilines is 1. The number of rotatable bonds is 6. The van der Waals surface area contributed by atoms with E-state index >= 15 is 0 Å². The Kier molecular flexibility index (Phi) is 7.67. The Morgan fingerprint density at radius 3 is 2.44 bits per heavy atom. The summed E-state index contributed by atoms with van der Waals surface area (Å²) in [6.45, 7) is 6.05. The molecule has 0 saturated carbocycles. The van der Waals surface area contributed by atoms with Gasteiger partial charge >= 0.3 is 11.9 Å². The van der Waals surface area contributed by atoms with E-state index in [0.29, 0.717) is 17.4 Å². The summed E-state index contributed by atoms with van der Waals surface area (Å²) in [6.07, 6.45) is 1.30. The highest BCUT2D eigenvalue weighted by atomic mass is 35.5. The first-order valence-corrected chi connectivity index (χ1v) is 9.64. The minimum atomic E-state index is -0.814. The maximum Gasteiger partial charge on any atom is 0.347 e. The summed E-state index contributed by atoms with van der Waals surface area (Å²) in [4.78, 5) is 30.5. The van der Waals surface area contributed by atoms with Gasteiger partial charge in [0.2, 0.25) is 0 Å². The van der Waals surface area contributed by atoms with Gasteiger partial charge in [-0.25, -0.2) is 14.0 Å². The van der Waals surface area contributed by atoms with Gasteiger partial charge in [0.05, 0.1) is 24.8 Å². The number of halogens is 2. The molecule has 1 aromatic carbocycles. The molecular formula is C18H20ClFN2O4S. The molecule has 6 nitrogen and oxygen atoms in total. The monoisotopic (exact) mass is 414 g/mol. The van der Waals surface area contributed by atoms with Crippen LogP contribution >= 0.6 is 23.4 Å². The van der Waals surface area contributed by atoms with E-state index in [9.17, 15) is 14.0 Å². The fourth-order valence-electron chi connectivity index (χ4n) is 2.20. The van der Waals surface area contributed by atoms with Crippen LogP contribution in [0.15, 0.2) is 35.0 Å². The number of nitrogens with zero attached hydrogens (tertiary/aromatic N) is 2. The van der Waals surface area contributed by atoms with Gasteiger partial charge in [0, 0.05) is 17.1 Å². The van der Waals surface area contributed by atoms with E-state index in [1.807, 2.05) is 6.92 Å². The van der Waals surface area contributed by atoms with Gasteiger partial charge in [-0.1, -0.05) is 30.3 Å². The lowest BCUT2D eigenvalue weighted by atomic mass is 10.2. The van der Waals surface area contributed by atoms with Crippen LogP contribution in [0.3, 0.4) is 0 Å². The Hall–Kier alpha value is -2.06. The first-order valence-electron chi connectivity index (χ1n) is 8.38. The summed E-state index contributed by atoms with van der Waals surface area (Å²) in [5.41, 5.74) is 0.162. The van der Waals surface area contributed by atoms with E-state index in [0.717, 1.165) is 0 Å². The molecule has 1 atom stereocenters. The SMILES string of the molecule is CCOC(=O)C(=CN(C1=NCC(C)S1)c1ccc(F)c(Cl)c1)C(=O)OCC. The predicted octanol–water partition coefficient (Wildman–Crippen LogP) is 3.79. The first-order chi connectivity index (χ1) is 12.9. The summed E-state index contributed by atoms with van der Waals surface area (Å²) in [5, 5.41) is 0.688. The zero-order chi connectivity index (χ0) is 20.0. The largest absolute Gasteiger partial charge is 0.462 e. The lowest BCUT2D eigenvalue weighted by Crippen LogP contribution is -2.27. The van der Waals surface area contributed by atoms with Gasteiger partial charge in [-0.2, -0.15) is 0 Å². The Labute approximate surface area is 166 Å². The van der Waals surface area contributed by atoms with Gasteiger partial charge in [0.25, 0.3) is 0 Å². The number of ether oxygens (including phenoxy) is 2. The van der Waals surface area contributed by atoms with Crippen molar-refractivity contribution >= 4 is 46.2 Å². The van der Waals surface area contributed by atoms with Crippen molar-refractivity contribution < 1.29 is 23.5 Å². The van der Waals surface area contributed by atoms with Gasteiger partial charge in [-0.3, -0.25) is 9.89 Å². The number of amidine groups is 1. The predicted molar refractivity (Wildman–Crippen MR) is 105 cm³/mol. The van der Waals surface area contributed by atoms with E-state index in [4.69, 9.17) is 21.1 Å². The van der Waals surface area contributed by atoms with Crippen molar-refractivity contribution in [3.8, 4) is 0 Å². The normalized spacial score (nSPS) is 15.7. The van der Waals surface area contributed by atoms with Gasteiger partial charge in [0.1, 0.15) is 5.82 Å². The molecule has 0 radical (unpaired) electrons. The molecule has 0 saturated heterocycles. The van der Waals surface area contributed by atoms with Crippen LogP contribution < -0.4 is 4.90 Å². The van der Waals surface area contributed by atoms with Crippen LogP contribution in [0.25, 0.3) is 0 Å². The van der Waals surface area contributed by atoms with Crippen molar-refractivity contribution in [1.82, 2.24) is 0 Å². The van der Waals surface area contributed by atoms with E-state index in [1.54, 1.807) is 13.8 Å². The molecule has 27 heavy (non-hydrogen) atoms. The first kappa shape index (κ1) is 21.2. The van der Waals surface area contributed by atoms with Crippen LogP contribution in [0.4, 0.5) is 10.1 Å². The standard InChI is InChI=1S/C18H20ClFN2O4S/c1-4-25-16(23)13(17(24)26-5-2)10-22(18-21-9-11(3)27-18)12-6-7-15(20)14(19)8-12/h6-8,10-11H,4-5,9H2,1-3H3. The molecule has 0 spiro atoms. The van der Waals surface area contributed by atoms with Crippen molar-refractivity contribution in [1.29, 1.82) is 0 Å². The maximum absolute atomic E-state index is 13.6. The highest BCUT2D eigenvalue weighted by molar-refractivity contribution is 8.15. The minimum absolute atomic E-state index is 0.0867. The lowest BCUT2D eigenvalue weighted by Gasteiger charge is -2.21. The van der Waals surface area contributed by atoms with Crippen LogP contribution in [0.2, 0.25) is 5.02 Å². The van der Waals surface area contributed by atoms with Crippen molar-refractivity contribution in [3.05, 3.63) is 40.8 Å². The smallest absolute Gasteiger partial charge is 0.347 e. The average Bonchev–Trinajstić information content (AvgIpc) is 3.05. The molecule has 0 bridgehead atoms. The molecule has 0 fully saturated rings. The van der Waals surface area contributed by atoms with Crippen LogP contribution in [-0.4, -0.2) is 42.1 Å². The second kappa shape index (κ2) is 9.75. The van der Waals surface area contributed by atoms with Gasteiger partial charge in [-0.15, -0.1) is 0 Å². The summed E-state index contributed by atoms with van der Waals surface area (Å²) < 4.78 is 23.5. The number of carbonyl (C=O) groups is 2. The molecule has 2 rings (SSSR count). The van der Waals surface area contributed by atoms with Crippen molar-refractivity contribution in [2.45, 2.75) is 26.0 Å². The van der Waals surface area contributed by atoms with E-state index in [1.165, 1.54) is 41.1 Å². The molecule has 1 heterocycles. The fraction of sp³-hybridized carbons (Fsp3) is 0.389. The molecule has 1 aromatic rings. The molecule has 0 aromatic heterocycles. The topological polar surface area (TPSA) is 68.2 Å². The summed E-state index contributed by atoms with van der Waals surface area (Å²) in [6, 6.07) is 4.08. The molecule has 146 valence electrons. The summed E-state index contributed by atoms with van der Waals surface area (Å²) in [5.74, 6) is -2.20. The number of benzene rings is 1. The number of aliphatic imine (C=N–C) groups is 1. The highest BCUT2D eigenvalue weighted by Gasteiger charge is 2.27. The number of hydrogen-bond donors (Lipinski definition) is 0. The van der Waals surface area contributed by atoms with Crippen LogP contribution in [0.5, 0.6) is 0 Å². The van der Waals surface area contributed by atoms with Crippen LogP contribution in [-0.2, 0) is 19.1 Å². The third kappa shape index (κ3) is 5.46. The molecule has 9 heteroatoms. The third-order valence-corrected chi connectivity index (χ3v) is 4.80. The number of carbonyl (C=O) groups excluding carboxylic acids is 2. The van der Waals surface area contributed by atoms with Crippen LogP contribution in [0, 0.1) is 5.82 Å². The lowest BCUT2D eigenvalue weighted by molar-refractivity contribution is -0.146. The summed E-state index contributed by atoms with van der Waals surface area (Å²) in [7, 11) is 0. The second-order valence-corrected chi connectivity index (χ2v) is 7.32. The van der Waals surface area contributed by atoms with Crippen molar-refractivity contribution in [2.24, 2.45) is 4.99 Å². The zero-order valence-electron chi connectivity index (χ0n) is 15.2. The van der Waals surface area contributed by atoms with Crippen LogP contribution in [0.1, 0.15) is 20.8 Å². The fourth-order valence-corrected chi connectivity index (χ4v) is 3.31. The summed E-state index contributed by atoms with van der Waals surface area (Å²) >= 11 is 7.36. The zero-order valence-corrected chi connectivity index (χ0v) is 16.8. The van der Waals surface area contributed by atoms with E-state index in [-0.39, 0.29) is 29.1 Å². The number of hydrogen-bond acceptors (Lipinski definition) is 7. The number of esters is 2. The van der Waals surface area contributed by atoms with E-state index < -0.39 is 17.8 Å². The Bertz CT molecular complexity index is 765. The van der Waals surface area contributed by atoms with Gasteiger partial charge in [-0.05, 0) is 32.0 Å². The molecule has 1 aliphatic rings. The molecule has 0 N–H and O–H groups in total. The molecular weight excluding hydrogens is 395 g/mol. The van der Waals surface area contributed by atoms with E-state index in [2.05, 4.69) is 4.99 Å². The average molecular weight is 415 g/mol. The highest BCUT2D eigenvalue weighted by Crippen LogP contribution is 2.30. The van der Waals surface area contributed by atoms with Gasteiger partial charge < -0.3 is 9.47 Å². The molecule has 0 aliphatic carbocycles. The molecule has 0 amide bonds. The van der Waals surface area contributed by atoms with Gasteiger partial charge in [0.15, 0.2) is 10.7 Å². The molecule has 1 aliphatic heterocycles. The Morgan fingerprint density at radius 2 is 1.96 bits per heavy atom. The number of thioether (sulfide) groups is 1. The minimum Gasteiger partial charge on any atom is -0.462 e. The quantitative estimate of drug-likeness (QED) is 0.305.